The van der Waals surface area contributed by atoms with E-state index in [1.807, 2.05) is 6.92 Å². The Labute approximate surface area is 102 Å². The van der Waals surface area contributed by atoms with Crippen molar-refractivity contribution < 1.29 is 19.4 Å². The van der Waals surface area contributed by atoms with Crippen LogP contribution in [0.3, 0.4) is 0 Å². The molecule has 0 rings (SSSR count). The molecule has 98 valence electrons. The molecule has 0 radical (unpaired) electrons. The Morgan fingerprint density at radius 3 is 2.41 bits per heavy atom. The van der Waals surface area contributed by atoms with Gasteiger partial charge in [0.1, 0.15) is 6.10 Å². The van der Waals surface area contributed by atoms with Gasteiger partial charge >= 0.3 is 5.97 Å². The zero-order valence-electron chi connectivity index (χ0n) is 10.7. The minimum absolute atomic E-state index is 0.225. The third-order valence-electron chi connectivity index (χ3n) is 2.13. The first-order valence-corrected chi connectivity index (χ1v) is 5.70. The number of carbonyl (C=O) groups excluding carboxylic acids is 2. The van der Waals surface area contributed by atoms with Gasteiger partial charge in [0.2, 0.25) is 12.1 Å². The van der Waals surface area contributed by atoms with Crippen molar-refractivity contribution in [2.24, 2.45) is 0 Å². The number of aliphatic hydroxyl groups excluding tert-OH is 1. The van der Waals surface area contributed by atoms with E-state index in [2.05, 4.69) is 11.9 Å². The highest BCUT2D eigenvalue weighted by molar-refractivity contribution is 5.87. The Hall–Kier alpha value is -1.36. The highest BCUT2D eigenvalue weighted by Gasteiger charge is 2.23. The van der Waals surface area contributed by atoms with Crippen LogP contribution in [0.25, 0.3) is 0 Å². The molecule has 0 heterocycles. The van der Waals surface area contributed by atoms with Crippen molar-refractivity contribution in [2.75, 3.05) is 0 Å². The second-order valence-corrected chi connectivity index (χ2v) is 4.02. The van der Waals surface area contributed by atoms with Crippen molar-refractivity contribution in [2.45, 2.75) is 52.4 Å². The maximum Gasteiger partial charge on any atom is 0.335 e. The summed E-state index contributed by atoms with van der Waals surface area (Å²) in [6.07, 6.45) is 0.260. The molecule has 0 bridgehead atoms. The molecule has 0 aromatic carbocycles. The van der Waals surface area contributed by atoms with Crippen molar-refractivity contribution in [1.82, 2.24) is 5.32 Å². The molecule has 0 aliphatic rings. The molecule has 0 aliphatic heterocycles. The van der Waals surface area contributed by atoms with Crippen molar-refractivity contribution in [3.05, 3.63) is 12.2 Å². The standard InChI is InChI=1S/C12H21NO4/c1-5-6-7-10(15)11(13-9(4)14)17-12(16)8(2)3/h10-11,15H,2,5-7H2,1,3-4H3,(H,13,14). The van der Waals surface area contributed by atoms with Crippen molar-refractivity contribution in [1.29, 1.82) is 0 Å². The summed E-state index contributed by atoms with van der Waals surface area (Å²) in [7, 11) is 0. The van der Waals surface area contributed by atoms with E-state index in [0.717, 1.165) is 12.8 Å². The minimum Gasteiger partial charge on any atom is -0.435 e. The monoisotopic (exact) mass is 243 g/mol. The average Bonchev–Trinajstić information content (AvgIpc) is 2.23. The molecule has 17 heavy (non-hydrogen) atoms. The van der Waals surface area contributed by atoms with Crippen LogP contribution in [0.15, 0.2) is 12.2 Å². The molecule has 1 amide bonds. The molecular formula is C12H21NO4. The molecule has 5 heteroatoms. The molecule has 5 nitrogen and oxygen atoms in total. The van der Waals surface area contributed by atoms with E-state index >= 15 is 0 Å². The van der Waals surface area contributed by atoms with E-state index in [-0.39, 0.29) is 11.5 Å². The van der Waals surface area contributed by atoms with Crippen molar-refractivity contribution in [3.8, 4) is 0 Å². The van der Waals surface area contributed by atoms with Crippen molar-refractivity contribution in [3.63, 3.8) is 0 Å². The Morgan fingerprint density at radius 2 is 2.00 bits per heavy atom. The van der Waals surface area contributed by atoms with E-state index < -0.39 is 18.3 Å². The van der Waals surface area contributed by atoms with E-state index in [0.29, 0.717) is 6.42 Å². The van der Waals surface area contributed by atoms with Crippen LogP contribution in [0.5, 0.6) is 0 Å². The van der Waals surface area contributed by atoms with Gasteiger partial charge < -0.3 is 15.2 Å². The number of nitrogens with one attached hydrogen (secondary N) is 1. The number of hydrogen-bond donors (Lipinski definition) is 2. The van der Waals surface area contributed by atoms with Crippen LogP contribution in [0.4, 0.5) is 0 Å². The smallest absolute Gasteiger partial charge is 0.335 e. The summed E-state index contributed by atoms with van der Waals surface area (Å²) in [5, 5.41) is 12.2. The summed E-state index contributed by atoms with van der Waals surface area (Å²) in [6.45, 7) is 8.23. The minimum atomic E-state index is -1.01. The summed E-state index contributed by atoms with van der Waals surface area (Å²) in [5.74, 6) is -0.987. The van der Waals surface area contributed by atoms with E-state index in [9.17, 15) is 14.7 Å². The second kappa shape index (κ2) is 7.84. The van der Waals surface area contributed by atoms with E-state index in [1.165, 1.54) is 13.8 Å². The Bertz CT molecular complexity index is 288. The van der Waals surface area contributed by atoms with Crippen LogP contribution in [0, 0.1) is 0 Å². The van der Waals surface area contributed by atoms with E-state index in [4.69, 9.17) is 4.74 Å². The highest BCUT2D eigenvalue weighted by atomic mass is 16.6. The zero-order valence-corrected chi connectivity index (χ0v) is 10.7. The van der Waals surface area contributed by atoms with Gasteiger partial charge in [0.15, 0.2) is 0 Å². The van der Waals surface area contributed by atoms with Gasteiger partial charge in [-0.2, -0.15) is 0 Å². The van der Waals surface area contributed by atoms with Crippen LogP contribution in [-0.4, -0.2) is 29.3 Å². The molecule has 2 unspecified atom stereocenters. The average molecular weight is 243 g/mol. The lowest BCUT2D eigenvalue weighted by Gasteiger charge is -2.23. The Kier molecular flexibility index (Phi) is 7.21. The van der Waals surface area contributed by atoms with Crippen LogP contribution in [0.2, 0.25) is 0 Å². The topological polar surface area (TPSA) is 75.6 Å². The second-order valence-electron chi connectivity index (χ2n) is 4.02. The highest BCUT2D eigenvalue weighted by Crippen LogP contribution is 2.08. The number of hydrogen-bond acceptors (Lipinski definition) is 4. The van der Waals surface area contributed by atoms with Gasteiger partial charge in [0, 0.05) is 12.5 Å². The molecular weight excluding hydrogens is 222 g/mol. The molecule has 0 aromatic heterocycles. The molecule has 0 spiro atoms. The quantitative estimate of drug-likeness (QED) is 0.399. The molecule has 0 saturated heterocycles. The van der Waals surface area contributed by atoms with Gasteiger partial charge in [-0.3, -0.25) is 4.79 Å². The first-order valence-electron chi connectivity index (χ1n) is 5.70. The van der Waals surface area contributed by atoms with Gasteiger partial charge in [0.05, 0.1) is 0 Å². The predicted molar refractivity (Wildman–Crippen MR) is 64.0 cm³/mol. The molecule has 2 atom stereocenters. The third-order valence-corrected chi connectivity index (χ3v) is 2.13. The summed E-state index contributed by atoms with van der Waals surface area (Å²) >= 11 is 0. The normalized spacial score (nSPS) is 13.6. The molecule has 2 N–H and O–H groups in total. The SMILES string of the molecule is C=C(C)C(=O)OC(NC(C)=O)C(O)CCCC. The fourth-order valence-electron chi connectivity index (χ4n) is 1.19. The van der Waals surface area contributed by atoms with Crippen molar-refractivity contribution >= 4 is 11.9 Å². The van der Waals surface area contributed by atoms with E-state index in [1.54, 1.807) is 0 Å². The lowest BCUT2D eigenvalue weighted by Crippen LogP contribution is -2.45. The first kappa shape index (κ1) is 15.6. The Balaban J connectivity index is 4.46. The molecule has 0 saturated carbocycles. The fraction of sp³-hybridized carbons (Fsp3) is 0.667. The van der Waals surface area contributed by atoms with Gasteiger partial charge in [-0.25, -0.2) is 4.79 Å². The number of unbranched alkanes of at least 4 members (excludes halogenated alkanes) is 1. The summed E-state index contributed by atoms with van der Waals surface area (Å²) in [6, 6.07) is 0. The number of rotatable bonds is 7. The number of ether oxygens (including phenoxy) is 1. The van der Waals surface area contributed by atoms with Gasteiger partial charge in [-0.05, 0) is 13.3 Å². The molecule has 0 fully saturated rings. The lowest BCUT2D eigenvalue weighted by molar-refractivity contribution is -0.155. The van der Waals surface area contributed by atoms with Crippen LogP contribution >= 0.6 is 0 Å². The Morgan fingerprint density at radius 1 is 1.41 bits per heavy atom. The number of aliphatic hydroxyl groups is 1. The maximum atomic E-state index is 11.3. The lowest BCUT2D eigenvalue weighted by atomic mass is 10.1. The van der Waals surface area contributed by atoms with Crippen LogP contribution in [0.1, 0.15) is 40.0 Å². The largest absolute Gasteiger partial charge is 0.435 e. The zero-order chi connectivity index (χ0) is 13.4. The number of carbonyl (C=O) groups is 2. The summed E-state index contributed by atoms with van der Waals surface area (Å²) < 4.78 is 4.96. The van der Waals surface area contributed by atoms with Gasteiger partial charge in [-0.1, -0.05) is 26.3 Å². The third kappa shape index (κ3) is 6.73. The predicted octanol–water partition coefficient (Wildman–Crippen LogP) is 1.12. The van der Waals surface area contributed by atoms with Crippen LogP contribution in [-0.2, 0) is 14.3 Å². The van der Waals surface area contributed by atoms with Gasteiger partial charge in [-0.15, -0.1) is 0 Å². The molecule has 0 aromatic rings. The van der Waals surface area contributed by atoms with Crippen LogP contribution < -0.4 is 5.32 Å². The molecule has 0 aliphatic carbocycles. The first-order chi connectivity index (χ1) is 7.88. The fourth-order valence-corrected chi connectivity index (χ4v) is 1.19. The maximum absolute atomic E-state index is 11.3. The number of esters is 1. The van der Waals surface area contributed by atoms with Gasteiger partial charge in [0.25, 0.3) is 0 Å². The number of amides is 1. The summed E-state index contributed by atoms with van der Waals surface area (Å²) in [4.78, 5) is 22.3. The summed E-state index contributed by atoms with van der Waals surface area (Å²) in [5.41, 5.74) is 0.225.